The molecule has 0 saturated carbocycles. The number of hydrogen-bond acceptors (Lipinski definition) is 3. The summed E-state index contributed by atoms with van der Waals surface area (Å²) in [6, 6.07) is 10.3. The number of amides is 1. The van der Waals surface area contributed by atoms with E-state index in [0.29, 0.717) is 25.4 Å². The molecule has 21 heavy (non-hydrogen) atoms. The number of ether oxygens (including phenoxy) is 1. The van der Waals surface area contributed by atoms with Crippen LogP contribution in [0, 0.1) is 5.92 Å². The van der Waals surface area contributed by atoms with Crippen LogP contribution in [0.15, 0.2) is 30.3 Å². The van der Waals surface area contributed by atoms with E-state index in [1.54, 1.807) is 0 Å². The van der Waals surface area contributed by atoms with Crippen LogP contribution in [0.1, 0.15) is 24.8 Å². The predicted octanol–water partition coefficient (Wildman–Crippen LogP) is 1.83. The Morgan fingerprint density at radius 1 is 1.29 bits per heavy atom. The van der Waals surface area contributed by atoms with E-state index >= 15 is 0 Å². The summed E-state index contributed by atoms with van der Waals surface area (Å²) in [4.78, 5) is 14.2. The highest BCUT2D eigenvalue weighted by atomic mass is 16.5. The molecule has 1 aromatic rings. The van der Waals surface area contributed by atoms with Crippen molar-refractivity contribution in [1.82, 2.24) is 4.90 Å². The Hall–Kier alpha value is -1.39. The number of nitrogens with zero attached hydrogens (tertiary/aromatic N) is 1. The van der Waals surface area contributed by atoms with Gasteiger partial charge < -0.3 is 15.4 Å². The van der Waals surface area contributed by atoms with E-state index in [1.165, 1.54) is 5.56 Å². The van der Waals surface area contributed by atoms with Crippen LogP contribution >= 0.6 is 0 Å². The summed E-state index contributed by atoms with van der Waals surface area (Å²) in [6.45, 7) is 3.58. The molecule has 2 rings (SSSR count). The van der Waals surface area contributed by atoms with E-state index in [-0.39, 0.29) is 5.91 Å². The molecule has 0 bridgehead atoms. The molecule has 1 amide bonds. The summed E-state index contributed by atoms with van der Waals surface area (Å²) in [5, 5.41) is 0. The Balaban J connectivity index is 1.77. The van der Waals surface area contributed by atoms with Crippen LogP contribution in [-0.2, 0) is 16.0 Å². The van der Waals surface area contributed by atoms with Gasteiger partial charge in [-0.2, -0.15) is 0 Å². The van der Waals surface area contributed by atoms with Gasteiger partial charge in [0.05, 0.1) is 0 Å². The highest BCUT2D eigenvalue weighted by Gasteiger charge is 2.19. The number of carbonyl (C=O) groups excluding carboxylic acids is 1. The fourth-order valence-corrected chi connectivity index (χ4v) is 2.72. The van der Waals surface area contributed by atoms with Gasteiger partial charge in [-0.15, -0.1) is 0 Å². The third kappa shape index (κ3) is 5.48. The molecule has 0 aromatic heterocycles. The second kappa shape index (κ2) is 8.80. The summed E-state index contributed by atoms with van der Waals surface area (Å²) >= 11 is 0. The number of carbonyl (C=O) groups is 1. The van der Waals surface area contributed by atoms with Gasteiger partial charge in [0.1, 0.15) is 0 Å². The molecule has 1 atom stereocenters. The molecular weight excluding hydrogens is 264 g/mol. The summed E-state index contributed by atoms with van der Waals surface area (Å²) < 4.78 is 5.36. The molecular formula is C17H26N2O2. The van der Waals surface area contributed by atoms with E-state index < -0.39 is 0 Å². The van der Waals surface area contributed by atoms with Crippen molar-refractivity contribution in [2.24, 2.45) is 11.7 Å². The molecule has 1 saturated heterocycles. The normalized spacial score (nSPS) is 17.9. The van der Waals surface area contributed by atoms with E-state index in [1.807, 2.05) is 23.1 Å². The number of rotatable bonds is 8. The van der Waals surface area contributed by atoms with Crippen LogP contribution in [0.4, 0.5) is 0 Å². The molecule has 2 N–H and O–H groups in total. The minimum absolute atomic E-state index is 0.225. The van der Waals surface area contributed by atoms with Crippen molar-refractivity contribution in [3.63, 3.8) is 0 Å². The molecule has 4 nitrogen and oxygen atoms in total. The molecule has 0 radical (unpaired) electrons. The topological polar surface area (TPSA) is 55.6 Å². The fraction of sp³-hybridized carbons (Fsp3) is 0.588. The van der Waals surface area contributed by atoms with Gasteiger partial charge in [0.2, 0.25) is 5.91 Å². The summed E-state index contributed by atoms with van der Waals surface area (Å²) in [7, 11) is 0. The maximum atomic E-state index is 12.3. The van der Waals surface area contributed by atoms with Gasteiger partial charge in [-0.3, -0.25) is 4.79 Å². The lowest BCUT2D eigenvalue weighted by atomic mass is 10.0. The predicted molar refractivity (Wildman–Crippen MR) is 83.9 cm³/mol. The first-order valence-electron chi connectivity index (χ1n) is 7.89. The highest BCUT2D eigenvalue weighted by molar-refractivity contribution is 5.76. The SMILES string of the molecule is NCCN(CCc1ccccc1)C(=O)CCC1CCOC1. The van der Waals surface area contributed by atoms with E-state index in [2.05, 4.69) is 12.1 Å². The van der Waals surface area contributed by atoms with E-state index in [0.717, 1.165) is 39.0 Å². The van der Waals surface area contributed by atoms with Crippen LogP contribution in [0.25, 0.3) is 0 Å². The molecule has 1 fully saturated rings. The first-order valence-corrected chi connectivity index (χ1v) is 7.89. The number of hydrogen-bond donors (Lipinski definition) is 1. The molecule has 1 aromatic carbocycles. The first kappa shape index (κ1) is 16.0. The van der Waals surface area contributed by atoms with Gasteiger partial charge in [-0.05, 0) is 30.7 Å². The third-order valence-corrected chi connectivity index (χ3v) is 4.06. The zero-order valence-electron chi connectivity index (χ0n) is 12.7. The maximum Gasteiger partial charge on any atom is 0.222 e. The standard InChI is InChI=1S/C17H26N2O2/c18-10-12-19(11-8-15-4-2-1-3-5-15)17(20)7-6-16-9-13-21-14-16/h1-5,16H,6-14,18H2. The van der Waals surface area contributed by atoms with E-state index in [9.17, 15) is 4.79 Å². The van der Waals surface area contributed by atoms with Crippen molar-refractivity contribution < 1.29 is 9.53 Å². The Kier molecular flexibility index (Phi) is 6.70. The molecule has 1 heterocycles. The molecule has 1 aliphatic rings. The third-order valence-electron chi connectivity index (χ3n) is 4.06. The Labute approximate surface area is 127 Å². The molecule has 116 valence electrons. The van der Waals surface area contributed by atoms with Gasteiger partial charge in [-0.25, -0.2) is 0 Å². The van der Waals surface area contributed by atoms with Crippen LogP contribution in [0.5, 0.6) is 0 Å². The minimum Gasteiger partial charge on any atom is -0.381 e. The lowest BCUT2D eigenvalue weighted by molar-refractivity contribution is -0.131. The van der Waals surface area contributed by atoms with Crippen molar-refractivity contribution in [3.8, 4) is 0 Å². The molecule has 4 heteroatoms. The quantitative estimate of drug-likeness (QED) is 0.795. The second-order valence-corrected chi connectivity index (χ2v) is 5.67. The smallest absolute Gasteiger partial charge is 0.222 e. The fourth-order valence-electron chi connectivity index (χ4n) is 2.72. The maximum absolute atomic E-state index is 12.3. The number of benzene rings is 1. The monoisotopic (exact) mass is 290 g/mol. The molecule has 0 spiro atoms. The van der Waals surface area contributed by atoms with Gasteiger partial charge in [0.25, 0.3) is 0 Å². The van der Waals surface area contributed by atoms with E-state index in [4.69, 9.17) is 10.5 Å². The number of nitrogens with two attached hydrogens (primary N) is 1. The summed E-state index contributed by atoms with van der Waals surface area (Å²) in [6.07, 6.45) is 3.53. The zero-order valence-corrected chi connectivity index (χ0v) is 12.7. The van der Waals surface area contributed by atoms with Crippen molar-refractivity contribution in [3.05, 3.63) is 35.9 Å². The van der Waals surface area contributed by atoms with Crippen LogP contribution in [-0.4, -0.2) is 43.7 Å². The Morgan fingerprint density at radius 2 is 2.10 bits per heavy atom. The average Bonchev–Trinajstić information content (AvgIpc) is 3.03. The Bertz CT molecular complexity index is 416. The largest absolute Gasteiger partial charge is 0.381 e. The summed E-state index contributed by atoms with van der Waals surface area (Å²) in [5.74, 6) is 0.783. The van der Waals surface area contributed by atoms with Gasteiger partial charge in [0, 0.05) is 39.3 Å². The summed E-state index contributed by atoms with van der Waals surface area (Å²) in [5.41, 5.74) is 6.90. The first-order chi connectivity index (χ1) is 10.3. The van der Waals surface area contributed by atoms with Gasteiger partial charge in [0.15, 0.2) is 0 Å². The van der Waals surface area contributed by atoms with Crippen molar-refractivity contribution >= 4 is 5.91 Å². The molecule has 0 aliphatic carbocycles. The Morgan fingerprint density at radius 3 is 2.76 bits per heavy atom. The average molecular weight is 290 g/mol. The van der Waals surface area contributed by atoms with Crippen molar-refractivity contribution in [2.75, 3.05) is 32.8 Å². The molecule has 1 unspecified atom stereocenters. The minimum atomic E-state index is 0.225. The highest BCUT2D eigenvalue weighted by Crippen LogP contribution is 2.18. The molecule has 1 aliphatic heterocycles. The van der Waals surface area contributed by atoms with Gasteiger partial charge in [-0.1, -0.05) is 30.3 Å². The lowest BCUT2D eigenvalue weighted by Crippen LogP contribution is -2.37. The zero-order chi connectivity index (χ0) is 14.9. The van der Waals surface area contributed by atoms with Crippen molar-refractivity contribution in [2.45, 2.75) is 25.7 Å². The van der Waals surface area contributed by atoms with Crippen LogP contribution in [0.3, 0.4) is 0 Å². The second-order valence-electron chi connectivity index (χ2n) is 5.67. The van der Waals surface area contributed by atoms with Crippen LogP contribution < -0.4 is 5.73 Å². The lowest BCUT2D eigenvalue weighted by Gasteiger charge is -2.22. The van der Waals surface area contributed by atoms with Crippen LogP contribution in [0.2, 0.25) is 0 Å². The van der Waals surface area contributed by atoms with Crippen molar-refractivity contribution in [1.29, 1.82) is 0 Å². The van der Waals surface area contributed by atoms with Gasteiger partial charge >= 0.3 is 0 Å².